The molecule has 1 aromatic carbocycles. The van der Waals surface area contributed by atoms with Crippen LogP contribution in [0.25, 0.3) is 0 Å². The van der Waals surface area contributed by atoms with Crippen LogP contribution in [0.2, 0.25) is 0 Å². The zero-order valence-electron chi connectivity index (χ0n) is 11.1. The van der Waals surface area contributed by atoms with Crippen LogP contribution >= 0.6 is 0 Å². The van der Waals surface area contributed by atoms with Crippen LogP contribution in [0.1, 0.15) is 13.8 Å². The molecule has 0 heterocycles. The fourth-order valence-electron chi connectivity index (χ4n) is 1.49. The van der Waals surface area contributed by atoms with Crippen molar-refractivity contribution in [1.29, 1.82) is 0 Å². The average Bonchev–Trinajstić information content (AvgIpc) is 2.23. The summed E-state index contributed by atoms with van der Waals surface area (Å²) in [5.41, 5.74) is 4.97. The Balaban J connectivity index is 2.98. The quantitative estimate of drug-likeness (QED) is 0.797. The fraction of sp³-hybridized carbons (Fsp3) is 0.417. The van der Waals surface area contributed by atoms with Crippen molar-refractivity contribution in [1.82, 2.24) is 5.32 Å². The van der Waals surface area contributed by atoms with Gasteiger partial charge in [-0.05, 0) is 18.1 Å². The number of hydrogen-bond donors (Lipinski definition) is 2. The summed E-state index contributed by atoms with van der Waals surface area (Å²) >= 11 is 0. The van der Waals surface area contributed by atoms with E-state index in [-0.39, 0.29) is 18.2 Å². The first-order chi connectivity index (χ1) is 9.13. The number of nitrogens with two attached hydrogens (primary N) is 1. The van der Waals surface area contributed by atoms with E-state index < -0.39 is 38.0 Å². The summed E-state index contributed by atoms with van der Waals surface area (Å²) in [4.78, 5) is 10.3. The Morgan fingerprint density at radius 2 is 1.80 bits per heavy atom. The molecule has 0 unspecified atom stereocenters. The molecule has 1 aromatic rings. The van der Waals surface area contributed by atoms with Gasteiger partial charge >= 0.3 is 0 Å². The molecule has 1 amide bonds. The lowest BCUT2D eigenvalue weighted by Gasteiger charge is -2.10. The number of amides is 1. The second-order valence-electron chi connectivity index (χ2n) is 4.77. The van der Waals surface area contributed by atoms with Gasteiger partial charge in [0.1, 0.15) is 22.3 Å². The minimum absolute atomic E-state index is 0.131. The van der Waals surface area contributed by atoms with E-state index in [9.17, 15) is 22.0 Å². The van der Waals surface area contributed by atoms with Crippen LogP contribution in [-0.2, 0) is 14.6 Å². The molecule has 0 fully saturated rings. The number of halogens is 2. The summed E-state index contributed by atoms with van der Waals surface area (Å²) in [6.07, 6.45) is 0. The molecule has 0 bridgehead atoms. The molecule has 0 aliphatic carbocycles. The van der Waals surface area contributed by atoms with Gasteiger partial charge in [0.25, 0.3) is 0 Å². The van der Waals surface area contributed by atoms with Crippen LogP contribution in [0.5, 0.6) is 0 Å². The molecule has 1 rings (SSSR count). The predicted octanol–water partition coefficient (Wildman–Crippen LogP) is 1.09. The zero-order valence-corrected chi connectivity index (χ0v) is 11.9. The number of nitrogens with one attached hydrogen (secondary N) is 1. The Kier molecular flexibility index (Phi) is 5.04. The van der Waals surface area contributed by atoms with Gasteiger partial charge in [-0.3, -0.25) is 4.79 Å². The van der Waals surface area contributed by atoms with Gasteiger partial charge in [-0.25, -0.2) is 17.2 Å². The minimum atomic E-state index is -4.40. The van der Waals surface area contributed by atoms with Gasteiger partial charge in [-0.1, -0.05) is 13.8 Å². The Labute approximate surface area is 116 Å². The van der Waals surface area contributed by atoms with Gasteiger partial charge in [-0.15, -0.1) is 0 Å². The highest BCUT2D eigenvalue weighted by Crippen LogP contribution is 2.22. The van der Waals surface area contributed by atoms with E-state index in [0.717, 1.165) is 0 Å². The molecule has 8 heteroatoms. The summed E-state index contributed by atoms with van der Waals surface area (Å²) in [7, 11) is -4.40. The number of carbonyl (C=O) groups excluding carboxylic acids is 1. The van der Waals surface area contributed by atoms with Crippen molar-refractivity contribution in [3.8, 4) is 0 Å². The molecule has 0 aliphatic rings. The average molecular weight is 306 g/mol. The lowest BCUT2D eigenvalue weighted by atomic mass is 10.2. The lowest BCUT2D eigenvalue weighted by molar-refractivity contribution is -0.118. The summed E-state index contributed by atoms with van der Waals surface area (Å²) in [5, 5.41) is 2.37. The Morgan fingerprint density at radius 1 is 1.30 bits per heavy atom. The van der Waals surface area contributed by atoms with Crippen LogP contribution < -0.4 is 11.1 Å². The Morgan fingerprint density at radius 3 is 2.25 bits per heavy atom. The van der Waals surface area contributed by atoms with Crippen LogP contribution in [0.4, 0.5) is 14.5 Å². The normalized spacial score (nSPS) is 11.7. The smallest absolute Gasteiger partial charge is 0.235 e. The second kappa shape index (κ2) is 6.17. The highest BCUT2D eigenvalue weighted by Gasteiger charge is 2.27. The maximum Gasteiger partial charge on any atom is 0.235 e. The summed E-state index contributed by atoms with van der Waals surface area (Å²) in [5.74, 6) is -4.31. The fourth-order valence-corrected chi connectivity index (χ4v) is 2.79. The predicted molar refractivity (Wildman–Crippen MR) is 70.7 cm³/mol. The number of rotatable bonds is 5. The third kappa shape index (κ3) is 4.16. The zero-order chi connectivity index (χ0) is 15.5. The van der Waals surface area contributed by atoms with Crippen LogP contribution in [0.3, 0.4) is 0 Å². The van der Waals surface area contributed by atoms with Crippen molar-refractivity contribution >= 4 is 21.4 Å². The van der Waals surface area contributed by atoms with Crippen molar-refractivity contribution in [2.45, 2.75) is 18.7 Å². The Bertz CT molecular complexity index is 592. The minimum Gasteiger partial charge on any atom is -0.399 e. The Hall–Kier alpha value is -1.70. The molecule has 0 saturated carbocycles. The first-order valence-electron chi connectivity index (χ1n) is 5.87. The molecule has 0 spiro atoms. The molecule has 20 heavy (non-hydrogen) atoms. The van der Waals surface area contributed by atoms with E-state index in [0.29, 0.717) is 12.1 Å². The second-order valence-corrected chi connectivity index (χ2v) is 6.70. The summed E-state index contributed by atoms with van der Waals surface area (Å²) < 4.78 is 50.8. The molecule has 0 atom stereocenters. The van der Waals surface area contributed by atoms with Gasteiger partial charge in [0.2, 0.25) is 5.91 Å². The van der Waals surface area contributed by atoms with Crippen molar-refractivity contribution in [2.75, 3.05) is 18.0 Å². The number of anilines is 1. The van der Waals surface area contributed by atoms with Crippen molar-refractivity contribution < 1.29 is 22.0 Å². The molecular weight excluding hydrogens is 290 g/mol. The van der Waals surface area contributed by atoms with Gasteiger partial charge < -0.3 is 11.1 Å². The monoisotopic (exact) mass is 306 g/mol. The molecule has 0 aliphatic heterocycles. The molecule has 0 aromatic heterocycles. The lowest BCUT2D eigenvalue weighted by Crippen LogP contribution is -2.33. The number of sulfone groups is 1. The third-order valence-electron chi connectivity index (χ3n) is 2.36. The van der Waals surface area contributed by atoms with E-state index in [4.69, 9.17) is 5.73 Å². The van der Waals surface area contributed by atoms with Crippen LogP contribution in [0, 0.1) is 17.6 Å². The first kappa shape index (κ1) is 16.4. The van der Waals surface area contributed by atoms with Crippen molar-refractivity contribution in [2.24, 2.45) is 5.92 Å². The molecule has 112 valence electrons. The van der Waals surface area contributed by atoms with Crippen LogP contribution in [0.15, 0.2) is 17.0 Å². The molecule has 0 saturated heterocycles. The summed E-state index contributed by atoms with van der Waals surface area (Å²) in [6.45, 7) is 3.93. The van der Waals surface area contributed by atoms with Gasteiger partial charge in [0, 0.05) is 12.2 Å². The third-order valence-corrected chi connectivity index (χ3v) is 4.01. The maximum absolute atomic E-state index is 13.5. The number of hydrogen-bond acceptors (Lipinski definition) is 4. The molecular formula is C12H16F2N2O3S. The highest BCUT2D eigenvalue weighted by molar-refractivity contribution is 7.92. The van der Waals surface area contributed by atoms with Crippen LogP contribution in [-0.4, -0.2) is 26.6 Å². The van der Waals surface area contributed by atoms with E-state index in [1.54, 1.807) is 0 Å². The van der Waals surface area contributed by atoms with Gasteiger partial charge in [-0.2, -0.15) is 0 Å². The molecule has 0 radical (unpaired) electrons. The van der Waals surface area contributed by atoms with Gasteiger partial charge in [0.15, 0.2) is 9.84 Å². The highest BCUT2D eigenvalue weighted by atomic mass is 32.2. The standard InChI is InChI=1S/C12H16F2N2O3S/c1-7(2)5-16-11(17)6-20(18,19)12-9(13)3-8(15)4-10(12)14/h3-4,7H,5-6,15H2,1-2H3,(H,16,17). The van der Waals surface area contributed by atoms with Gasteiger partial charge in [0.05, 0.1) is 0 Å². The SMILES string of the molecule is CC(C)CNC(=O)CS(=O)(=O)c1c(F)cc(N)cc1F. The topological polar surface area (TPSA) is 89.3 Å². The van der Waals surface area contributed by atoms with E-state index in [1.807, 2.05) is 13.8 Å². The number of carbonyl (C=O) groups is 1. The van der Waals surface area contributed by atoms with Crippen molar-refractivity contribution in [3.05, 3.63) is 23.8 Å². The van der Waals surface area contributed by atoms with E-state index in [2.05, 4.69) is 5.32 Å². The number of benzene rings is 1. The van der Waals surface area contributed by atoms with E-state index >= 15 is 0 Å². The molecule has 5 nitrogen and oxygen atoms in total. The maximum atomic E-state index is 13.5. The first-order valence-corrected chi connectivity index (χ1v) is 7.52. The van der Waals surface area contributed by atoms with E-state index in [1.165, 1.54) is 0 Å². The largest absolute Gasteiger partial charge is 0.399 e. The summed E-state index contributed by atoms with van der Waals surface area (Å²) in [6, 6.07) is 1.39. The van der Waals surface area contributed by atoms with Crippen molar-refractivity contribution in [3.63, 3.8) is 0 Å². The number of nitrogen functional groups attached to an aromatic ring is 1. The molecule has 3 N–H and O–H groups in total.